The quantitative estimate of drug-likeness (QED) is 0.835. The van der Waals surface area contributed by atoms with Gasteiger partial charge in [0.25, 0.3) is 0 Å². The van der Waals surface area contributed by atoms with Crippen molar-refractivity contribution in [2.75, 3.05) is 0 Å². The third kappa shape index (κ3) is 4.35. The van der Waals surface area contributed by atoms with Gasteiger partial charge in [-0.3, -0.25) is 10.1 Å². The van der Waals surface area contributed by atoms with E-state index in [-0.39, 0.29) is 11.2 Å². The van der Waals surface area contributed by atoms with Crippen molar-refractivity contribution in [2.45, 2.75) is 17.9 Å². The molecule has 4 nitrogen and oxygen atoms in total. The topological polar surface area (TPSA) is 72.2 Å². The smallest absolute Gasteiger partial charge is 0.318 e. The standard InChI is InChI=1S/C11H14N2O2S/c1-8(10(14)13-11(12)15)16-7-9-5-3-2-4-6-9/h2-6,8H,7H2,1H3,(H3,12,13,14,15)/t8-/m1/s1. The van der Waals surface area contributed by atoms with E-state index < -0.39 is 6.03 Å². The highest BCUT2D eigenvalue weighted by Gasteiger charge is 2.14. The Bertz CT molecular complexity index is 368. The maximum absolute atomic E-state index is 11.3. The molecule has 3 amide bonds. The Labute approximate surface area is 98.6 Å². The van der Waals surface area contributed by atoms with E-state index in [1.54, 1.807) is 6.92 Å². The summed E-state index contributed by atoms with van der Waals surface area (Å²) in [4.78, 5) is 21.8. The fourth-order valence-corrected chi connectivity index (χ4v) is 1.94. The zero-order chi connectivity index (χ0) is 12.0. The Morgan fingerprint density at radius 3 is 2.56 bits per heavy atom. The van der Waals surface area contributed by atoms with Crippen molar-refractivity contribution in [1.29, 1.82) is 0 Å². The molecule has 0 aliphatic carbocycles. The predicted octanol–water partition coefficient (Wildman–Crippen LogP) is 1.50. The van der Waals surface area contributed by atoms with E-state index in [4.69, 9.17) is 5.73 Å². The fraction of sp³-hybridized carbons (Fsp3) is 0.273. The van der Waals surface area contributed by atoms with E-state index >= 15 is 0 Å². The number of rotatable bonds is 4. The molecule has 0 spiro atoms. The minimum Gasteiger partial charge on any atom is -0.351 e. The van der Waals surface area contributed by atoms with Crippen LogP contribution in [0.1, 0.15) is 12.5 Å². The summed E-state index contributed by atoms with van der Waals surface area (Å²) in [6.45, 7) is 1.74. The Kier molecular flexibility index (Phi) is 4.85. The van der Waals surface area contributed by atoms with E-state index in [9.17, 15) is 9.59 Å². The summed E-state index contributed by atoms with van der Waals surface area (Å²) in [5, 5.41) is 1.76. The van der Waals surface area contributed by atoms with Gasteiger partial charge < -0.3 is 5.73 Å². The summed E-state index contributed by atoms with van der Waals surface area (Å²) in [6.07, 6.45) is 0. The zero-order valence-electron chi connectivity index (χ0n) is 8.97. The van der Waals surface area contributed by atoms with Crippen LogP contribution in [0, 0.1) is 0 Å². The van der Waals surface area contributed by atoms with Gasteiger partial charge in [0.1, 0.15) is 0 Å². The molecule has 86 valence electrons. The van der Waals surface area contributed by atoms with E-state index in [2.05, 4.69) is 5.32 Å². The SMILES string of the molecule is C[C@@H](SCc1ccccc1)C(=O)NC(N)=O. The number of nitrogens with one attached hydrogen (secondary N) is 1. The van der Waals surface area contributed by atoms with Crippen molar-refractivity contribution >= 4 is 23.7 Å². The van der Waals surface area contributed by atoms with Gasteiger partial charge in [-0.15, -0.1) is 11.8 Å². The summed E-state index contributed by atoms with van der Waals surface area (Å²) in [5.74, 6) is 0.377. The molecule has 0 bridgehead atoms. The van der Waals surface area contributed by atoms with Crippen LogP contribution in [0.5, 0.6) is 0 Å². The molecule has 0 heterocycles. The molecule has 0 radical (unpaired) electrons. The molecule has 5 heteroatoms. The van der Waals surface area contributed by atoms with Crippen molar-refractivity contribution in [3.05, 3.63) is 35.9 Å². The number of hydrogen-bond acceptors (Lipinski definition) is 3. The molecule has 1 aromatic carbocycles. The zero-order valence-corrected chi connectivity index (χ0v) is 9.79. The van der Waals surface area contributed by atoms with Gasteiger partial charge in [0.2, 0.25) is 5.91 Å². The van der Waals surface area contributed by atoms with Crippen LogP contribution in [-0.4, -0.2) is 17.2 Å². The van der Waals surface area contributed by atoms with Gasteiger partial charge in [-0.25, -0.2) is 4.79 Å². The highest BCUT2D eigenvalue weighted by Crippen LogP contribution is 2.17. The third-order valence-electron chi connectivity index (χ3n) is 1.96. The van der Waals surface area contributed by atoms with Crippen LogP contribution < -0.4 is 11.1 Å². The maximum Gasteiger partial charge on any atom is 0.318 e. The first-order valence-electron chi connectivity index (χ1n) is 4.85. The van der Waals surface area contributed by atoms with Crippen LogP contribution in [0.4, 0.5) is 4.79 Å². The molecule has 0 saturated heterocycles. The molecular formula is C11H14N2O2S. The number of primary amides is 1. The lowest BCUT2D eigenvalue weighted by molar-refractivity contribution is -0.119. The second-order valence-electron chi connectivity index (χ2n) is 3.29. The first-order valence-corrected chi connectivity index (χ1v) is 5.90. The molecular weight excluding hydrogens is 224 g/mol. The molecule has 1 atom stereocenters. The normalized spacial score (nSPS) is 11.8. The van der Waals surface area contributed by atoms with Crippen LogP contribution in [0.3, 0.4) is 0 Å². The average Bonchev–Trinajstić information content (AvgIpc) is 2.26. The first-order chi connectivity index (χ1) is 7.59. The number of carbonyl (C=O) groups is 2. The van der Waals surface area contributed by atoms with Crippen LogP contribution in [-0.2, 0) is 10.5 Å². The van der Waals surface area contributed by atoms with Crippen LogP contribution >= 0.6 is 11.8 Å². The third-order valence-corrected chi connectivity index (χ3v) is 3.17. The van der Waals surface area contributed by atoms with Gasteiger partial charge in [-0.1, -0.05) is 30.3 Å². The molecule has 0 unspecified atom stereocenters. The summed E-state index contributed by atoms with van der Waals surface area (Å²) in [6, 6.07) is 9.01. The van der Waals surface area contributed by atoms with Crippen LogP contribution in [0.25, 0.3) is 0 Å². The van der Waals surface area contributed by atoms with Gasteiger partial charge in [-0.05, 0) is 12.5 Å². The molecule has 1 rings (SSSR count). The monoisotopic (exact) mass is 238 g/mol. The van der Waals surface area contributed by atoms with Gasteiger partial charge >= 0.3 is 6.03 Å². The highest BCUT2D eigenvalue weighted by atomic mass is 32.2. The second kappa shape index (κ2) is 6.17. The summed E-state index contributed by atoms with van der Waals surface area (Å²) in [7, 11) is 0. The van der Waals surface area contributed by atoms with Gasteiger partial charge in [0.15, 0.2) is 0 Å². The van der Waals surface area contributed by atoms with Crippen molar-refractivity contribution in [1.82, 2.24) is 5.32 Å². The van der Waals surface area contributed by atoms with Crippen LogP contribution in [0.2, 0.25) is 0 Å². The number of carbonyl (C=O) groups excluding carboxylic acids is 2. The van der Waals surface area contributed by atoms with Gasteiger partial charge in [-0.2, -0.15) is 0 Å². The summed E-state index contributed by atoms with van der Waals surface area (Å²) in [5.41, 5.74) is 6.00. The Balaban J connectivity index is 2.38. The minimum absolute atomic E-state index is 0.298. The van der Waals surface area contributed by atoms with Crippen molar-refractivity contribution < 1.29 is 9.59 Å². The van der Waals surface area contributed by atoms with E-state index in [0.29, 0.717) is 0 Å². The Morgan fingerprint density at radius 2 is 2.00 bits per heavy atom. The van der Waals surface area contributed by atoms with E-state index in [0.717, 1.165) is 11.3 Å². The number of nitrogens with two attached hydrogens (primary N) is 1. The van der Waals surface area contributed by atoms with Gasteiger partial charge in [0, 0.05) is 5.75 Å². The second-order valence-corrected chi connectivity index (χ2v) is 4.62. The number of amides is 3. The predicted molar refractivity (Wildman–Crippen MR) is 64.9 cm³/mol. The molecule has 0 aliphatic rings. The van der Waals surface area contributed by atoms with Crippen molar-refractivity contribution in [3.63, 3.8) is 0 Å². The van der Waals surface area contributed by atoms with Crippen LogP contribution in [0.15, 0.2) is 30.3 Å². The number of thioether (sulfide) groups is 1. The molecule has 3 N–H and O–H groups in total. The largest absolute Gasteiger partial charge is 0.351 e. The summed E-state index contributed by atoms with van der Waals surface area (Å²) < 4.78 is 0. The first kappa shape index (κ1) is 12.6. The molecule has 0 aromatic heterocycles. The van der Waals surface area contributed by atoms with Crippen molar-refractivity contribution in [3.8, 4) is 0 Å². The minimum atomic E-state index is -0.808. The number of hydrogen-bond donors (Lipinski definition) is 2. The lowest BCUT2D eigenvalue weighted by Gasteiger charge is -2.09. The van der Waals surface area contributed by atoms with Crippen molar-refractivity contribution in [2.24, 2.45) is 5.73 Å². The average molecular weight is 238 g/mol. The lowest BCUT2D eigenvalue weighted by atomic mass is 10.2. The van der Waals surface area contributed by atoms with Gasteiger partial charge in [0.05, 0.1) is 5.25 Å². The molecule has 0 aliphatic heterocycles. The Hall–Kier alpha value is -1.49. The summed E-state index contributed by atoms with van der Waals surface area (Å²) >= 11 is 1.46. The molecule has 16 heavy (non-hydrogen) atoms. The maximum atomic E-state index is 11.3. The van der Waals surface area contributed by atoms with E-state index in [1.807, 2.05) is 30.3 Å². The molecule has 0 fully saturated rings. The number of imide groups is 1. The Morgan fingerprint density at radius 1 is 1.38 bits per heavy atom. The highest BCUT2D eigenvalue weighted by molar-refractivity contribution is 7.99. The fourth-order valence-electron chi connectivity index (χ4n) is 1.09. The molecule has 1 aromatic rings. The number of benzene rings is 1. The lowest BCUT2D eigenvalue weighted by Crippen LogP contribution is -2.39. The number of urea groups is 1. The van der Waals surface area contributed by atoms with E-state index in [1.165, 1.54) is 11.8 Å². The molecule has 0 saturated carbocycles.